The van der Waals surface area contributed by atoms with Crippen molar-refractivity contribution in [2.45, 2.75) is 40.3 Å². The minimum absolute atomic E-state index is 0.824. The van der Waals surface area contributed by atoms with Gasteiger partial charge in [0.25, 0.3) is 0 Å². The fourth-order valence-corrected chi connectivity index (χ4v) is 2.05. The molecule has 0 radical (unpaired) electrons. The predicted octanol–water partition coefficient (Wildman–Crippen LogP) is 3.52. The highest BCUT2D eigenvalue weighted by Gasteiger charge is 2.03. The van der Waals surface area contributed by atoms with E-state index in [1.807, 2.05) is 12.5 Å². The largest absolute Gasteiger partial charge is 0.379 e. The zero-order valence-corrected chi connectivity index (χ0v) is 11.4. The molecule has 0 bridgehead atoms. The van der Waals surface area contributed by atoms with Crippen molar-refractivity contribution in [3.8, 4) is 0 Å². The van der Waals surface area contributed by atoms with Crippen molar-refractivity contribution in [1.82, 2.24) is 9.55 Å². The molecule has 1 aromatic heterocycles. The molecule has 0 aliphatic rings. The summed E-state index contributed by atoms with van der Waals surface area (Å²) in [5, 5.41) is 3.49. The van der Waals surface area contributed by atoms with E-state index in [2.05, 4.69) is 53.8 Å². The van der Waals surface area contributed by atoms with Crippen LogP contribution >= 0.6 is 0 Å². The number of hydrogen-bond acceptors (Lipinski definition) is 2. The van der Waals surface area contributed by atoms with Crippen LogP contribution in [0.4, 0.5) is 5.69 Å². The highest BCUT2D eigenvalue weighted by atomic mass is 15.1. The molecule has 18 heavy (non-hydrogen) atoms. The van der Waals surface area contributed by atoms with E-state index in [0.29, 0.717) is 0 Å². The van der Waals surface area contributed by atoms with Crippen molar-refractivity contribution >= 4 is 5.69 Å². The number of rotatable bonds is 5. The van der Waals surface area contributed by atoms with E-state index in [1.165, 1.54) is 22.5 Å². The van der Waals surface area contributed by atoms with Crippen LogP contribution in [-0.4, -0.2) is 9.55 Å². The van der Waals surface area contributed by atoms with Gasteiger partial charge >= 0.3 is 0 Å². The number of imidazole rings is 1. The Kier molecular flexibility index (Phi) is 4.03. The third kappa shape index (κ3) is 2.92. The molecule has 96 valence electrons. The van der Waals surface area contributed by atoms with Gasteiger partial charge in [-0.25, -0.2) is 4.98 Å². The monoisotopic (exact) mass is 243 g/mol. The Hall–Kier alpha value is -1.77. The molecule has 1 N–H and O–H groups in total. The molecule has 3 nitrogen and oxygen atoms in total. The van der Waals surface area contributed by atoms with Gasteiger partial charge in [-0.1, -0.05) is 19.1 Å². The topological polar surface area (TPSA) is 29.9 Å². The maximum absolute atomic E-state index is 4.22. The van der Waals surface area contributed by atoms with Crippen molar-refractivity contribution in [2.24, 2.45) is 0 Å². The normalized spacial score (nSPS) is 10.6. The average molecular weight is 243 g/mol. The fraction of sp³-hybridized carbons (Fsp3) is 0.400. The standard InChI is InChI=1S/C15H21N3/c1-4-7-18-11-16-9-14(18)10-17-15-8-12(2)5-6-13(15)3/h5-6,8-9,11,17H,4,7,10H2,1-3H3. The van der Waals surface area contributed by atoms with Crippen LogP contribution in [0.2, 0.25) is 0 Å². The second kappa shape index (κ2) is 5.71. The Balaban J connectivity index is 2.06. The Bertz CT molecular complexity index is 514. The Morgan fingerprint density at radius 1 is 1.28 bits per heavy atom. The average Bonchev–Trinajstić information content (AvgIpc) is 2.78. The molecule has 0 saturated carbocycles. The molecule has 0 amide bonds. The molecule has 2 rings (SSSR count). The van der Waals surface area contributed by atoms with Gasteiger partial charge in [0.05, 0.1) is 18.6 Å². The number of aryl methyl sites for hydroxylation is 3. The quantitative estimate of drug-likeness (QED) is 0.870. The predicted molar refractivity (Wildman–Crippen MR) is 75.8 cm³/mol. The molecule has 1 heterocycles. The molecule has 3 heteroatoms. The van der Waals surface area contributed by atoms with Crippen molar-refractivity contribution in [3.63, 3.8) is 0 Å². The lowest BCUT2D eigenvalue weighted by Crippen LogP contribution is -2.07. The van der Waals surface area contributed by atoms with Gasteiger partial charge in [-0.2, -0.15) is 0 Å². The van der Waals surface area contributed by atoms with Gasteiger partial charge in [0.2, 0.25) is 0 Å². The van der Waals surface area contributed by atoms with Gasteiger partial charge in [-0.15, -0.1) is 0 Å². The number of aromatic nitrogens is 2. The second-order valence-corrected chi connectivity index (χ2v) is 4.75. The van der Waals surface area contributed by atoms with Crippen LogP contribution in [0.15, 0.2) is 30.7 Å². The van der Waals surface area contributed by atoms with Gasteiger partial charge in [-0.05, 0) is 37.5 Å². The van der Waals surface area contributed by atoms with E-state index in [4.69, 9.17) is 0 Å². The summed E-state index contributed by atoms with van der Waals surface area (Å²) in [7, 11) is 0. The van der Waals surface area contributed by atoms with Crippen LogP contribution < -0.4 is 5.32 Å². The van der Waals surface area contributed by atoms with E-state index in [9.17, 15) is 0 Å². The number of nitrogens with zero attached hydrogens (tertiary/aromatic N) is 2. The molecule has 0 aliphatic carbocycles. The molecule has 1 aromatic carbocycles. The van der Waals surface area contributed by atoms with Gasteiger partial charge in [0.15, 0.2) is 0 Å². The van der Waals surface area contributed by atoms with Crippen molar-refractivity contribution < 1.29 is 0 Å². The summed E-state index contributed by atoms with van der Waals surface area (Å²) in [6.45, 7) is 8.28. The molecular weight excluding hydrogens is 222 g/mol. The third-order valence-electron chi connectivity index (χ3n) is 3.12. The molecular formula is C15H21N3. The molecule has 0 aliphatic heterocycles. The summed E-state index contributed by atoms with van der Waals surface area (Å²) >= 11 is 0. The summed E-state index contributed by atoms with van der Waals surface area (Å²) in [5.74, 6) is 0. The molecule has 0 fully saturated rings. The van der Waals surface area contributed by atoms with Gasteiger partial charge in [0, 0.05) is 18.4 Å². The Morgan fingerprint density at radius 3 is 2.89 bits per heavy atom. The van der Waals surface area contributed by atoms with Gasteiger partial charge in [-0.3, -0.25) is 0 Å². The van der Waals surface area contributed by atoms with Crippen LogP contribution in [-0.2, 0) is 13.1 Å². The highest BCUT2D eigenvalue weighted by Crippen LogP contribution is 2.17. The minimum atomic E-state index is 0.824. The fourth-order valence-electron chi connectivity index (χ4n) is 2.05. The Morgan fingerprint density at radius 2 is 2.11 bits per heavy atom. The summed E-state index contributed by atoms with van der Waals surface area (Å²) in [6.07, 6.45) is 4.98. The first-order valence-electron chi connectivity index (χ1n) is 6.51. The minimum Gasteiger partial charge on any atom is -0.379 e. The molecule has 0 saturated heterocycles. The van der Waals surface area contributed by atoms with Crippen LogP contribution in [0.25, 0.3) is 0 Å². The van der Waals surface area contributed by atoms with Gasteiger partial charge in [0.1, 0.15) is 0 Å². The molecule has 0 atom stereocenters. The highest BCUT2D eigenvalue weighted by molar-refractivity contribution is 5.52. The summed E-state index contributed by atoms with van der Waals surface area (Å²) < 4.78 is 2.21. The third-order valence-corrected chi connectivity index (χ3v) is 3.12. The first-order chi connectivity index (χ1) is 8.70. The van der Waals surface area contributed by atoms with E-state index >= 15 is 0 Å². The lowest BCUT2D eigenvalue weighted by Gasteiger charge is -2.12. The van der Waals surface area contributed by atoms with E-state index < -0.39 is 0 Å². The zero-order chi connectivity index (χ0) is 13.0. The maximum Gasteiger partial charge on any atom is 0.0948 e. The first-order valence-corrected chi connectivity index (χ1v) is 6.51. The number of anilines is 1. The van der Waals surface area contributed by atoms with Crippen LogP contribution in [0.3, 0.4) is 0 Å². The SMILES string of the molecule is CCCn1cncc1CNc1cc(C)ccc1C. The van der Waals surface area contributed by atoms with Crippen LogP contribution in [0.5, 0.6) is 0 Å². The lowest BCUT2D eigenvalue weighted by atomic mass is 10.1. The second-order valence-electron chi connectivity index (χ2n) is 4.75. The van der Waals surface area contributed by atoms with E-state index in [1.54, 1.807) is 0 Å². The smallest absolute Gasteiger partial charge is 0.0948 e. The van der Waals surface area contributed by atoms with E-state index in [0.717, 1.165) is 19.5 Å². The van der Waals surface area contributed by atoms with Crippen LogP contribution in [0, 0.1) is 13.8 Å². The summed E-state index contributed by atoms with van der Waals surface area (Å²) in [4.78, 5) is 4.22. The van der Waals surface area contributed by atoms with Crippen molar-refractivity contribution in [2.75, 3.05) is 5.32 Å². The molecule has 2 aromatic rings. The summed E-state index contributed by atoms with van der Waals surface area (Å²) in [5.41, 5.74) is 5.00. The number of nitrogens with one attached hydrogen (secondary N) is 1. The number of hydrogen-bond donors (Lipinski definition) is 1. The molecule has 0 spiro atoms. The zero-order valence-electron chi connectivity index (χ0n) is 11.4. The Labute approximate surface area is 109 Å². The maximum atomic E-state index is 4.22. The van der Waals surface area contributed by atoms with Crippen LogP contribution in [0.1, 0.15) is 30.2 Å². The van der Waals surface area contributed by atoms with Gasteiger partial charge < -0.3 is 9.88 Å². The van der Waals surface area contributed by atoms with E-state index in [-0.39, 0.29) is 0 Å². The summed E-state index contributed by atoms with van der Waals surface area (Å²) in [6, 6.07) is 6.48. The number of benzene rings is 1. The molecule has 0 unspecified atom stereocenters. The first kappa shape index (κ1) is 12.7. The van der Waals surface area contributed by atoms with Crippen molar-refractivity contribution in [1.29, 1.82) is 0 Å². The van der Waals surface area contributed by atoms with Crippen molar-refractivity contribution in [3.05, 3.63) is 47.5 Å². The lowest BCUT2D eigenvalue weighted by molar-refractivity contribution is 0.651.